The van der Waals surface area contributed by atoms with Gasteiger partial charge in [0, 0.05) is 18.2 Å². The molecule has 1 aromatic rings. The summed E-state index contributed by atoms with van der Waals surface area (Å²) in [7, 11) is 0. The molecule has 0 saturated heterocycles. The van der Waals surface area contributed by atoms with Gasteiger partial charge < -0.3 is 20.5 Å². The number of aliphatic hydroxyl groups excluding tert-OH is 1. The van der Waals surface area contributed by atoms with Crippen molar-refractivity contribution in [3.63, 3.8) is 0 Å². The van der Waals surface area contributed by atoms with Gasteiger partial charge in [0.2, 0.25) is 0 Å². The first-order valence-electron chi connectivity index (χ1n) is 5.09. The zero-order chi connectivity index (χ0) is 12.1. The minimum atomic E-state index is -0.271. The van der Waals surface area contributed by atoms with Gasteiger partial charge >= 0.3 is 5.88 Å². The van der Waals surface area contributed by atoms with Crippen molar-refractivity contribution in [3.05, 3.63) is 29.1 Å². The lowest BCUT2D eigenvalue weighted by Gasteiger charge is -2.10. The highest BCUT2D eigenvalue weighted by Crippen LogP contribution is 2.10. The lowest BCUT2D eigenvalue weighted by Crippen LogP contribution is -2.30. The van der Waals surface area contributed by atoms with Gasteiger partial charge in [-0.25, -0.2) is 0 Å². The Morgan fingerprint density at radius 3 is 2.88 bits per heavy atom. The molecule has 0 bridgehead atoms. The van der Waals surface area contributed by atoms with Crippen molar-refractivity contribution in [1.29, 1.82) is 5.41 Å². The Balaban J connectivity index is 2.84. The minimum absolute atomic E-state index is 0.0762. The molecular weight excluding hydrogens is 208 g/mol. The normalized spacial score (nSPS) is 10.5. The van der Waals surface area contributed by atoms with Crippen LogP contribution in [-0.4, -0.2) is 23.5 Å². The van der Waals surface area contributed by atoms with Crippen LogP contribution in [-0.2, 0) is 6.42 Å². The van der Waals surface area contributed by atoms with E-state index in [0.29, 0.717) is 11.2 Å². The summed E-state index contributed by atoms with van der Waals surface area (Å²) in [6.45, 7) is 3.40. The third-order valence-corrected chi connectivity index (χ3v) is 1.91. The van der Waals surface area contributed by atoms with Gasteiger partial charge in [-0.2, -0.15) is 0 Å². The first-order chi connectivity index (χ1) is 7.52. The Morgan fingerprint density at radius 1 is 1.62 bits per heavy atom. The van der Waals surface area contributed by atoms with E-state index in [0.717, 1.165) is 5.56 Å². The molecule has 0 aromatic carbocycles. The van der Waals surface area contributed by atoms with Crippen LogP contribution in [0.2, 0.25) is 0 Å². The van der Waals surface area contributed by atoms with E-state index in [1.165, 1.54) is 6.20 Å². The molecule has 0 atom stereocenters. The predicted molar refractivity (Wildman–Crippen MR) is 59.7 cm³/mol. The van der Waals surface area contributed by atoms with Crippen molar-refractivity contribution >= 4 is 5.71 Å². The number of nitrogens with zero attached hydrogens (tertiary/aromatic N) is 1. The van der Waals surface area contributed by atoms with E-state index in [1.54, 1.807) is 12.1 Å². The van der Waals surface area contributed by atoms with Crippen LogP contribution in [0, 0.1) is 10.6 Å². The highest BCUT2D eigenvalue weighted by molar-refractivity contribution is 5.84. The molecule has 0 aliphatic rings. The number of aromatic nitrogens is 1. The molecule has 1 rings (SSSR count). The molecule has 0 unspecified atom stereocenters. The number of ether oxygens (including phenoxy) is 1. The minimum Gasteiger partial charge on any atom is -0.616 e. The molecule has 5 heteroatoms. The molecule has 2 N–H and O–H groups in total. The van der Waals surface area contributed by atoms with Crippen molar-refractivity contribution in [3.8, 4) is 5.88 Å². The maximum atomic E-state index is 11.4. The second kappa shape index (κ2) is 5.46. The van der Waals surface area contributed by atoms with Crippen molar-refractivity contribution in [2.24, 2.45) is 0 Å². The standard InChI is InChI=1S/C11H16N2O3/c1-8(2)16-11-6-9(3-4-13(11)15)5-10(12)7-14/h3-4,6,8,12,14H,5,7H2,1-2H3. The molecular formula is C11H16N2O3. The fourth-order valence-corrected chi connectivity index (χ4v) is 1.25. The molecule has 0 saturated carbocycles. The second-order valence-electron chi connectivity index (χ2n) is 3.80. The SMILES string of the molecule is CC(C)Oc1cc(CC(=N)CO)cc[n+]1[O-]. The first-order valence-corrected chi connectivity index (χ1v) is 5.09. The molecule has 1 aromatic heterocycles. The number of rotatable bonds is 5. The summed E-state index contributed by atoms with van der Waals surface area (Å²) in [4.78, 5) is 0. The fraction of sp³-hybridized carbons (Fsp3) is 0.455. The van der Waals surface area contributed by atoms with Gasteiger partial charge in [-0.1, -0.05) is 0 Å². The van der Waals surface area contributed by atoms with Crippen LogP contribution in [0.4, 0.5) is 0 Å². The summed E-state index contributed by atoms with van der Waals surface area (Å²) < 4.78 is 5.96. The number of hydrogen-bond acceptors (Lipinski definition) is 4. The van der Waals surface area contributed by atoms with E-state index in [1.807, 2.05) is 13.8 Å². The van der Waals surface area contributed by atoms with Crippen molar-refractivity contribution < 1.29 is 14.6 Å². The fourth-order valence-electron chi connectivity index (χ4n) is 1.25. The first kappa shape index (κ1) is 12.4. The Hall–Kier alpha value is -1.62. The van der Waals surface area contributed by atoms with E-state index in [9.17, 15) is 5.21 Å². The van der Waals surface area contributed by atoms with Crippen molar-refractivity contribution in [1.82, 2.24) is 0 Å². The number of hydrogen-bond donors (Lipinski definition) is 2. The zero-order valence-electron chi connectivity index (χ0n) is 9.43. The monoisotopic (exact) mass is 224 g/mol. The van der Waals surface area contributed by atoms with Gasteiger partial charge in [0.05, 0.1) is 18.8 Å². The number of pyridine rings is 1. The molecule has 0 spiro atoms. The number of nitrogens with one attached hydrogen (secondary N) is 1. The van der Waals surface area contributed by atoms with Gasteiger partial charge in [0.15, 0.2) is 6.20 Å². The topological polar surface area (TPSA) is 80.2 Å². The second-order valence-corrected chi connectivity index (χ2v) is 3.80. The van der Waals surface area contributed by atoms with E-state index in [4.69, 9.17) is 15.3 Å². The summed E-state index contributed by atoms with van der Waals surface area (Å²) in [6, 6.07) is 3.21. The van der Waals surface area contributed by atoms with Crippen LogP contribution in [0.1, 0.15) is 19.4 Å². The largest absolute Gasteiger partial charge is 0.616 e. The van der Waals surface area contributed by atoms with E-state index in [-0.39, 0.29) is 24.3 Å². The third kappa shape index (κ3) is 3.51. The van der Waals surface area contributed by atoms with E-state index < -0.39 is 0 Å². The van der Waals surface area contributed by atoms with E-state index >= 15 is 0 Å². The average molecular weight is 224 g/mol. The maximum absolute atomic E-state index is 11.4. The number of aliphatic hydroxyl groups is 1. The van der Waals surface area contributed by atoms with Gasteiger partial charge in [-0.15, -0.1) is 4.73 Å². The smallest absolute Gasteiger partial charge is 0.379 e. The van der Waals surface area contributed by atoms with Crippen molar-refractivity contribution in [2.45, 2.75) is 26.4 Å². The lowest BCUT2D eigenvalue weighted by atomic mass is 10.1. The highest BCUT2D eigenvalue weighted by atomic mass is 16.6. The summed E-state index contributed by atoms with van der Waals surface area (Å²) in [5.41, 5.74) is 0.987. The zero-order valence-corrected chi connectivity index (χ0v) is 9.43. The van der Waals surface area contributed by atoms with Crippen molar-refractivity contribution in [2.75, 3.05) is 6.61 Å². The van der Waals surface area contributed by atoms with E-state index in [2.05, 4.69) is 0 Å². The molecule has 0 radical (unpaired) electrons. The molecule has 5 nitrogen and oxygen atoms in total. The van der Waals surface area contributed by atoms with Crippen LogP contribution >= 0.6 is 0 Å². The third-order valence-electron chi connectivity index (χ3n) is 1.91. The van der Waals surface area contributed by atoms with Crippen LogP contribution in [0.3, 0.4) is 0 Å². The highest BCUT2D eigenvalue weighted by Gasteiger charge is 2.10. The molecule has 1 heterocycles. The van der Waals surface area contributed by atoms with Crippen LogP contribution < -0.4 is 9.47 Å². The summed E-state index contributed by atoms with van der Waals surface area (Å²) in [6.07, 6.45) is 1.59. The van der Waals surface area contributed by atoms with Crippen LogP contribution in [0.5, 0.6) is 5.88 Å². The van der Waals surface area contributed by atoms with Crippen LogP contribution in [0.15, 0.2) is 18.3 Å². The quantitative estimate of drug-likeness (QED) is 0.438. The summed E-state index contributed by atoms with van der Waals surface area (Å²) in [5, 5.41) is 27.5. The average Bonchev–Trinajstić information content (AvgIpc) is 2.22. The van der Waals surface area contributed by atoms with Gasteiger partial charge in [0.25, 0.3) is 0 Å². The Morgan fingerprint density at radius 2 is 2.31 bits per heavy atom. The molecule has 0 aliphatic heterocycles. The summed E-state index contributed by atoms with van der Waals surface area (Å²) >= 11 is 0. The Labute approximate surface area is 94.4 Å². The molecule has 0 amide bonds. The maximum Gasteiger partial charge on any atom is 0.379 e. The molecule has 88 valence electrons. The van der Waals surface area contributed by atoms with Gasteiger partial charge in [-0.05, 0) is 19.4 Å². The molecule has 0 aliphatic carbocycles. The van der Waals surface area contributed by atoms with Gasteiger partial charge in [0.1, 0.15) is 0 Å². The Kier molecular flexibility index (Phi) is 4.25. The van der Waals surface area contributed by atoms with Crippen LogP contribution in [0.25, 0.3) is 0 Å². The predicted octanol–water partition coefficient (Wildman–Crippen LogP) is 0.662. The van der Waals surface area contributed by atoms with Gasteiger partial charge in [-0.3, -0.25) is 0 Å². The molecule has 0 fully saturated rings. The molecule has 16 heavy (non-hydrogen) atoms. The summed E-state index contributed by atoms with van der Waals surface area (Å²) in [5.74, 6) is 0.221. The Bertz CT molecular complexity index is 377. The lowest BCUT2D eigenvalue weighted by molar-refractivity contribution is -0.613.